The minimum atomic E-state index is -0.979. The van der Waals surface area contributed by atoms with Crippen LogP contribution in [0.5, 0.6) is 0 Å². The lowest BCUT2D eigenvalue weighted by molar-refractivity contribution is -0.139. The summed E-state index contributed by atoms with van der Waals surface area (Å²) in [5.41, 5.74) is 0.830. The first-order valence-corrected chi connectivity index (χ1v) is 11.6. The van der Waals surface area contributed by atoms with E-state index in [1.807, 2.05) is 6.92 Å². The van der Waals surface area contributed by atoms with Gasteiger partial charge in [-0.2, -0.15) is 0 Å². The summed E-state index contributed by atoms with van der Waals surface area (Å²) in [7, 11) is 1.57. The maximum atomic E-state index is 14.7. The number of carbonyl (C=O) groups is 3. The third-order valence-electron chi connectivity index (χ3n) is 6.37. The third kappa shape index (κ3) is 4.93. The van der Waals surface area contributed by atoms with E-state index in [1.54, 1.807) is 49.2 Å². The molecule has 0 saturated carbocycles. The molecule has 0 aliphatic carbocycles. The molecule has 0 radical (unpaired) electrons. The van der Waals surface area contributed by atoms with Crippen LogP contribution in [0.15, 0.2) is 58.3 Å². The average molecular weight is 485 g/mol. The van der Waals surface area contributed by atoms with Gasteiger partial charge in [0.05, 0.1) is 24.5 Å². The second-order valence-corrected chi connectivity index (χ2v) is 8.60. The topological polar surface area (TPSA) is 95.3 Å². The average Bonchev–Trinajstić information content (AvgIpc) is 3.37. The molecule has 1 saturated heterocycles. The molecule has 1 fully saturated rings. The highest BCUT2D eigenvalue weighted by atomic mass is 19.1. The van der Waals surface area contributed by atoms with Gasteiger partial charge in [-0.05, 0) is 32.0 Å². The van der Waals surface area contributed by atoms with Crippen molar-refractivity contribution in [3.8, 4) is 0 Å². The Kier molecular flexibility index (Phi) is 7.20. The van der Waals surface area contributed by atoms with E-state index in [4.69, 9.17) is 9.15 Å². The van der Waals surface area contributed by atoms with Crippen LogP contribution < -0.4 is 5.32 Å². The number of urea groups is 1. The molecule has 35 heavy (non-hydrogen) atoms. The molecule has 4 rings (SSSR count). The Morgan fingerprint density at radius 1 is 1.20 bits per heavy atom. The van der Waals surface area contributed by atoms with Crippen molar-refractivity contribution in [2.75, 3.05) is 39.8 Å². The Hall–Kier alpha value is -3.66. The molecule has 10 heteroatoms. The summed E-state index contributed by atoms with van der Waals surface area (Å²) < 4.78 is 25.3. The maximum Gasteiger partial charge on any atom is 0.338 e. The van der Waals surface area contributed by atoms with Crippen molar-refractivity contribution in [1.29, 1.82) is 0 Å². The van der Waals surface area contributed by atoms with E-state index in [2.05, 4.69) is 10.2 Å². The lowest BCUT2D eigenvalue weighted by atomic mass is 9.93. The van der Waals surface area contributed by atoms with Crippen molar-refractivity contribution >= 4 is 17.9 Å². The number of rotatable bonds is 6. The zero-order valence-corrected chi connectivity index (χ0v) is 20.0. The molecule has 1 aromatic heterocycles. The number of hydrogen-bond donors (Lipinski definition) is 1. The molecule has 186 valence electrons. The smallest absolute Gasteiger partial charge is 0.338 e. The number of likely N-dealkylation sites (N-methyl/N-ethyl adjacent to an activating group) is 1. The lowest BCUT2D eigenvalue weighted by Crippen LogP contribution is -2.56. The van der Waals surface area contributed by atoms with Crippen molar-refractivity contribution in [2.45, 2.75) is 25.9 Å². The van der Waals surface area contributed by atoms with E-state index in [0.717, 1.165) is 0 Å². The predicted octanol–water partition coefficient (Wildman–Crippen LogP) is 2.78. The molecular formula is C25H29FN4O5. The number of halogens is 1. The normalized spacial score (nSPS) is 21.2. The number of esters is 1. The lowest BCUT2D eigenvalue weighted by Gasteiger charge is -2.42. The minimum Gasteiger partial charge on any atom is -0.463 e. The van der Waals surface area contributed by atoms with E-state index in [1.165, 1.54) is 17.2 Å². The summed E-state index contributed by atoms with van der Waals surface area (Å²) in [4.78, 5) is 43.8. The van der Waals surface area contributed by atoms with Gasteiger partial charge in [0.2, 0.25) is 0 Å². The van der Waals surface area contributed by atoms with Gasteiger partial charge in [-0.3, -0.25) is 14.6 Å². The first kappa shape index (κ1) is 24.5. The second kappa shape index (κ2) is 10.3. The van der Waals surface area contributed by atoms with Crippen molar-refractivity contribution in [3.63, 3.8) is 0 Å². The highest BCUT2D eigenvalue weighted by Gasteiger charge is 2.39. The van der Waals surface area contributed by atoms with Crippen LogP contribution in [0.2, 0.25) is 0 Å². The zero-order valence-electron chi connectivity index (χ0n) is 20.0. The largest absolute Gasteiger partial charge is 0.463 e. The fraction of sp³-hybridized carbons (Fsp3) is 0.400. The fourth-order valence-electron chi connectivity index (χ4n) is 4.57. The summed E-state index contributed by atoms with van der Waals surface area (Å²) in [6.45, 7) is 5.53. The van der Waals surface area contributed by atoms with Crippen LogP contribution in [0.3, 0.4) is 0 Å². The Bertz CT molecular complexity index is 1130. The Balaban J connectivity index is 1.62. The minimum absolute atomic E-state index is 0.127. The Morgan fingerprint density at radius 3 is 2.63 bits per heavy atom. The molecule has 2 atom stereocenters. The summed E-state index contributed by atoms with van der Waals surface area (Å²) in [5.74, 6) is -1.03. The van der Waals surface area contributed by atoms with Crippen molar-refractivity contribution in [2.24, 2.45) is 0 Å². The number of amides is 3. The van der Waals surface area contributed by atoms with Gasteiger partial charge in [0.25, 0.3) is 5.91 Å². The van der Waals surface area contributed by atoms with Crippen molar-refractivity contribution < 1.29 is 27.9 Å². The summed E-state index contributed by atoms with van der Waals surface area (Å²) in [5, 5.41) is 2.73. The van der Waals surface area contributed by atoms with Crippen LogP contribution in [-0.4, -0.2) is 78.5 Å². The van der Waals surface area contributed by atoms with Crippen LogP contribution in [0.25, 0.3) is 0 Å². The molecule has 0 unspecified atom stereocenters. The van der Waals surface area contributed by atoms with Gasteiger partial charge >= 0.3 is 12.0 Å². The van der Waals surface area contributed by atoms with Crippen LogP contribution in [-0.2, 0) is 9.53 Å². The van der Waals surface area contributed by atoms with Gasteiger partial charge in [-0.25, -0.2) is 14.0 Å². The van der Waals surface area contributed by atoms with Gasteiger partial charge in [0.1, 0.15) is 5.82 Å². The third-order valence-corrected chi connectivity index (χ3v) is 6.37. The van der Waals surface area contributed by atoms with Crippen LogP contribution >= 0.6 is 0 Å². The summed E-state index contributed by atoms with van der Waals surface area (Å²) in [6.07, 6.45) is 1.47. The number of hydrogen-bond acceptors (Lipinski definition) is 6. The number of piperazine rings is 1. The molecule has 1 aromatic carbocycles. The number of nitrogens with zero attached hydrogens (tertiary/aromatic N) is 3. The fourth-order valence-corrected chi connectivity index (χ4v) is 4.57. The highest BCUT2D eigenvalue weighted by molar-refractivity contribution is 5.95. The quantitative estimate of drug-likeness (QED) is 0.634. The van der Waals surface area contributed by atoms with E-state index in [-0.39, 0.29) is 42.0 Å². The molecule has 3 amide bonds. The maximum absolute atomic E-state index is 14.7. The van der Waals surface area contributed by atoms with Crippen LogP contribution in [0.4, 0.5) is 9.18 Å². The number of benzene rings is 1. The van der Waals surface area contributed by atoms with E-state index < -0.39 is 23.9 Å². The molecule has 0 spiro atoms. The number of furan rings is 1. The number of ether oxygens (including phenoxy) is 1. The molecule has 3 heterocycles. The van der Waals surface area contributed by atoms with Crippen LogP contribution in [0.1, 0.15) is 36.0 Å². The predicted molar refractivity (Wildman–Crippen MR) is 125 cm³/mol. The van der Waals surface area contributed by atoms with Gasteiger partial charge in [0, 0.05) is 50.5 Å². The molecule has 9 nitrogen and oxygen atoms in total. The number of carbonyl (C=O) groups excluding carboxylic acids is 3. The summed E-state index contributed by atoms with van der Waals surface area (Å²) >= 11 is 0. The highest BCUT2D eigenvalue weighted by Crippen LogP contribution is 2.33. The SMILES string of the molecule is CCOC(=O)C1=C(CN2CCN(C(=O)c3ccco3)[C@H](C)C2)N(C)C(=O)N[C@@H]1c1ccccc1F. The van der Waals surface area contributed by atoms with E-state index >= 15 is 0 Å². The zero-order chi connectivity index (χ0) is 25.1. The molecular weight excluding hydrogens is 455 g/mol. The van der Waals surface area contributed by atoms with Gasteiger partial charge in [-0.1, -0.05) is 18.2 Å². The van der Waals surface area contributed by atoms with Gasteiger partial charge < -0.3 is 19.4 Å². The Labute approximate surface area is 203 Å². The number of nitrogens with one attached hydrogen (secondary N) is 1. The van der Waals surface area contributed by atoms with E-state index in [9.17, 15) is 18.8 Å². The Morgan fingerprint density at radius 2 is 1.97 bits per heavy atom. The summed E-state index contributed by atoms with van der Waals surface area (Å²) in [6, 6.07) is 7.80. The first-order valence-electron chi connectivity index (χ1n) is 11.6. The standard InChI is InChI=1S/C25H29FN4O5/c1-4-34-24(32)21-19(28(3)25(33)27-22(21)17-8-5-6-9-18(17)26)15-29-11-12-30(16(2)14-29)23(31)20-10-7-13-35-20/h5-10,13,16,22H,4,11-12,14-15H2,1-3H3,(H,27,33)/t16-,22-/m1/s1. The van der Waals surface area contributed by atoms with Gasteiger partial charge in [-0.15, -0.1) is 0 Å². The molecule has 0 bridgehead atoms. The van der Waals surface area contributed by atoms with E-state index in [0.29, 0.717) is 25.3 Å². The van der Waals surface area contributed by atoms with Crippen molar-refractivity contribution in [3.05, 3.63) is 71.1 Å². The first-order chi connectivity index (χ1) is 16.8. The molecule has 2 aromatic rings. The molecule has 2 aliphatic heterocycles. The second-order valence-electron chi connectivity index (χ2n) is 8.60. The van der Waals surface area contributed by atoms with Crippen molar-refractivity contribution in [1.82, 2.24) is 20.0 Å². The monoisotopic (exact) mass is 484 g/mol. The van der Waals surface area contributed by atoms with Gasteiger partial charge in [0.15, 0.2) is 5.76 Å². The molecule has 2 aliphatic rings. The van der Waals surface area contributed by atoms with Crippen LogP contribution in [0, 0.1) is 5.82 Å². The molecule has 1 N–H and O–H groups in total.